The van der Waals surface area contributed by atoms with Crippen LogP contribution in [0.1, 0.15) is 21.9 Å². The van der Waals surface area contributed by atoms with Gasteiger partial charge in [0.25, 0.3) is 0 Å². The molecule has 31 heavy (non-hydrogen) atoms. The molecule has 1 fully saturated rings. The summed E-state index contributed by atoms with van der Waals surface area (Å²) in [5.74, 6) is -1.43. The van der Waals surface area contributed by atoms with Gasteiger partial charge < -0.3 is 9.55 Å². The number of fused-ring (bicyclic) bond motifs is 3. The number of rotatable bonds is 3. The molecule has 1 saturated heterocycles. The van der Waals surface area contributed by atoms with Gasteiger partial charge in [-0.15, -0.1) is 0 Å². The Morgan fingerprint density at radius 3 is 2.55 bits per heavy atom. The Morgan fingerprint density at radius 1 is 0.935 bits per heavy atom. The number of imide groups is 1. The number of carbonyl (C=O) groups is 2. The first-order valence-electron chi connectivity index (χ1n) is 9.96. The van der Waals surface area contributed by atoms with Gasteiger partial charge in [-0.25, -0.2) is 0 Å². The number of hydrogen-bond acceptors (Lipinski definition) is 5. The van der Waals surface area contributed by atoms with E-state index in [-0.39, 0.29) is 22.6 Å². The van der Waals surface area contributed by atoms with Gasteiger partial charge in [-0.3, -0.25) is 19.7 Å². The van der Waals surface area contributed by atoms with Crippen molar-refractivity contribution < 1.29 is 9.59 Å². The van der Waals surface area contributed by atoms with Gasteiger partial charge in [0.1, 0.15) is 5.25 Å². The number of aromatic nitrogens is 2. The first-order chi connectivity index (χ1) is 15.1. The van der Waals surface area contributed by atoms with Crippen LogP contribution >= 0.6 is 23.1 Å². The predicted molar refractivity (Wildman–Crippen MR) is 121 cm³/mol. The molecule has 2 amide bonds. The van der Waals surface area contributed by atoms with Crippen molar-refractivity contribution in [3.63, 3.8) is 0 Å². The van der Waals surface area contributed by atoms with E-state index in [2.05, 4.69) is 39.3 Å². The third-order valence-electron chi connectivity index (χ3n) is 6.01. The van der Waals surface area contributed by atoms with Crippen LogP contribution in [-0.2, 0) is 16.1 Å². The predicted octanol–water partition coefficient (Wildman–Crippen LogP) is 3.32. The average Bonchev–Trinajstić information content (AvgIpc) is 3.41. The Hall–Kier alpha value is -3.10. The largest absolute Gasteiger partial charge is 0.343 e. The fraction of sp³-hybridized carbons (Fsp3) is 0.174. The Balaban J connectivity index is 1.56. The summed E-state index contributed by atoms with van der Waals surface area (Å²) in [5.41, 5.74) is 3.21. The number of thioether (sulfide) groups is 1. The molecule has 154 valence electrons. The number of para-hydroxylation sites is 1. The molecule has 2 aliphatic heterocycles. The van der Waals surface area contributed by atoms with Gasteiger partial charge in [-0.1, -0.05) is 71.6 Å². The molecule has 2 aliphatic rings. The van der Waals surface area contributed by atoms with E-state index in [9.17, 15) is 14.4 Å². The topological polar surface area (TPSA) is 84.0 Å². The van der Waals surface area contributed by atoms with Crippen LogP contribution < -0.4 is 10.2 Å². The second-order valence-electron chi connectivity index (χ2n) is 7.82. The van der Waals surface area contributed by atoms with Crippen molar-refractivity contribution in [2.45, 2.75) is 22.7 Å². The minimum atomic E-state index is -0.536. The highest BCUT2D eigenvalue weighted by molar-refractivity contribution is 8.00. The fourth-order valence-corrected chi connectivity index (χ4v) is 7.18. The standard InChI is InChI=1S/C23H17N3O3S2/c27-20-17-16(19-22(25-23(29)31-19)30-18(17)21(28)24-20)14-11-26(10-12-6-2-1-3-7-12)15-9-5-4-8-13(14)15/h1-9,11,16-18H,10H2,(H,25,29)(H,24,27,28)/t16-,17-,18+/m1/s1. The minimum absolute atomic E-state index is 0.164. The number of nitrogens with zero attached hydrogens (tertiary/aromatic N) is 1. The van der Waals surface area contributed by atoms with Gasteiger partial charge in [0.15, 0.2) is 0 Å². The van der Waals surface area contributed by atoms with E-state index in [1.807, 2.05) is 36.4 Å². The first kappa shape index (κ1) is 18.7. The highest BCUT2D eigenvalue weighted by Crippen LogP contribution is 2.52. The number of hydrogen-bond donors (Lipinski definition) is 2. The summed E-state index contributed by atoms with van der Waals surface area (Å²) in [6, 6.07) is 18.3. The number of H-pyrrole nitrogens is 1. The number of aromatic amines is 1. The second-order valence-corrected chi connectivity index (χ2v) is 9.98. The fourth-order valence-electron chi connectivity index (χ4n) is 4.71. The van der Waals surface area contributed by atoms with Crippen LogP contribution in [-0.4, -0.2) is 26.6 Å². The van der Waals surface area contributed by atoms with Crippen molar-refractivity contribution in [3.8, 4) is 0 Å². The Morgan fingerprint density at radius 2 is 1.71 bits per heavy atom. The molecule has 0 saturated carbocycles. The van der Waals surface area contributed by atoms with Gasteiger partial charge in [-0.05, 0) is 17.2 Å². The van der Waals surface area contributed by atoms with Crippen molar-refractivity contribution >= 4 is 45.8 Å². The molecule has 4 heterocycles. The smallest absolute Gasteiger partial charge is 0.305 e. The van der Waals surface area contributed by atoms with E-state index < -0.39 is 11.2 Å². The molecule has 0 aliphatic carbocycles. The molecule has 3 atom stereocenters. The van der Waals surface area contributed by atoms with Crippen LogP contribution in [0.25, 0.3) is 10.9 Å². The molecule has 2 N–H and O–H groups in total. The van der Waals surface area contributed by atoms with Crippen LogP contribution in [0.5, 0.6) is 0 Å². The normalized spacial score (nSPS) is 22.4. The minimum Gasteiger partial charge on any atom is -0.343 e. The maximum absolute atomic E-state index is 12.8. The molecule has 0 spiro atoms. The summed E-state index contributed by atoms with van der Waals surface area (Å²) in [5, 5.41) is 3.70. The maximum Gasteiger partial charge on any atom is 0.305 e. The third kappa shape index (κ3) is 2.90. The zero-order valence-corrected chi connectivity index (χ0v) is 17.8. The average molecular weight is 448 g/mol. The SMILES string of the molecule is O=C1NC(=O)[C@H]2Sc3[nH]c(=O)sc3[C@H](c3cn(Cc4ccccc4)c4ccccc34)[C@@H]12. The van der Waals surface area contributed by atoms with E-state index in [4.69, 9.17) is 0 Å². The Bertz CT molecular complexity index is 1400. The van der Waals surface area contributed by atoms with E-state index in [0.29, 0.717) is 11.6 Å². The van der Waals surface area contributed by atoms with Gasteiger partial charge in [0.2, 0.25) is 11.8 Å². The maximum atomic E-state index is 12.8. The van der Waals surface area contributed by atoms with Crippen molar-refractivity contribution in [2.24, 2.45) is 5.92 Å². The van der Waals surface area contributed by atoms with Crippen LogP contribution in [0.3, 0.4) is 0 Å². The van der Waals surface area contributed by atoms with Crippen LogP contribution in [0, 0.1) is 5.92 Å². The van der Waals surface area contributed by atoms with E-state index >= 15 is 0 Å². The lowest BCUT2D eigenvalue weighted by Gasteiger charge is -2.29. The van der Waals surface area contributed by atoms with Gasteiger partial charge in [0.05, 0.1) is 10.9 Å². The molecule has 2 aromatic heterocycles. The van der Waals surface area contributed by atoms with E-state index in [0.717, 1.165) is 32.7 Å². The molecule has 0 radical (unpaired) electrons. The molecule has 0 bridgehead atoms. The molecule has 6 rings (SSSR count). The Kier molecular flexibility index (Phi) is 4.19. The molecule has 4 aromatic rings. The number of thiazole rings is 1. The van der Waals surface area contributed by atoms with E-state index in [1.165, 1.54) is 17.3 Å². The van der Waals surface area contributed by atoms with Crippen LogP contribution in [0.2, 0.25) is 0 Å². The lowest BCUT2D eigenvalue weighted by molar-refractivity contribution is -0.125. The molecule has 2 aromatic carbocycles. The monoisotopic (exact) mass is 447 g/mol. The molecule has 6 nitrogen and oxygen atoms in total. The van der Waals surface area contributed by atoms with Gasteiger partial charge in [-0.2, -0.15) is 0 Å². The lowest BCUT2D eigenvalue weighted by Crippen LogP contribution is -2.31. The third-order valence-corrected chi connectivity index (χ3v) is 8.43. The van der Waals surface area contributed by atoms with E-state index in [1.54, 1.807) is 0 Å². The molecular formula is C23H17N3O3S2. The van der Waals surface area contributed by atoms with Gasteiger partial charge in [0, 0.05) is 34.4 Å². The summed E-state index contributed by atoms with van der Waals surface area (Å²) in [4.78, 5) is 41.0. The quantitative estimate of drug-likeness (QED) is 0.472. The summed E-state index contributed by atoms with van der Waals surface area (Å²) in [6.45, 7) is 0.693. The summed E-state index contributed by atoms with van der Waals surface area (Å²) in [7, 11) is 0. The van der Waals surface area contributed by atoms with Crippen molar-refractivity contribution in [2.75, 3.05) is 0 Å². The summed E-state index contributed by atoms with van der Waals surface area (Å²) >= 11 is 2.42. The summed E-state index contributed by atoms with van der Waals surface area (Å²) < 4.78 is 2.18. The molecular weight excluding hydrogens is 430 g/mol. The summed E-state index contributed by atoms with van der Waals surface area (Å²) in [6.07, 6.45) is 2.08. The van der Waals surface area contributed by atoms with Crippen molar-refractivity contribution in [3.05, 3.63) is 86.5 Å². The Labute approximate surface area is 185 Å². The number of carbonyl (C=O) groups excluding carboxylic acids is 2. The lowest BCUT2D eigenvalue weighted by atomic mass is 9.83. The first-order valence-corrected chi connectivity index (χ1v) is 11.7. The highest BCUT2D eigenvalue weighted by atomic mass is 32.2. The zero-order chi connectivity index (χ0) is 21.1. The number of amides is 2. The number of benzene rings is 2. The van der Waals surface area contributed by atoms with Crippen molar-refractivity contribution in [1.29, 1.82) is 0 Å². The molecule has 8 heteroatoms. The zero-order valence-electron chi connectivity index (χ0n) is 16.2. The van der Waals surface area contributed by atoms with Crippen molar-refractivity contribution in [1.82, 2.24) is 14.9 Å². The van der Waals surface area contributed by atoms with Crippen LogP contribution in [0.4, 0.5) is 0 Å². The highest BCUT2D eigenvalue weighted by Gasteiger charge is 2.52. The second kappa shape index (κ2) is 6.96. The van der Waals surface area contributed by atoms with Gasteiger partial charge >= 0.3 is 4.87 Å². The molecule has 0 unspecified atom stereocenters. The number of nitrogens with one attached hydrogen (secondary N) is 2. The van der Waals surface area contributed by atoms with Crippen LogP contribution in [0.15, 0.2) is 70.6 Å².